The average Bonchev–Trinajstić information content (AvgIpc) is 3.01. The second-order valence-corrected chi connectivity index (χ2v) is 9.48. The molecule has 11 heteroatoms. The first-order valence-electron chi connectivity index (χ1n) is 9.78. The molecule has 3 aromatic rings. The molecule has 0 aliphatic rings. The number of carbonyl (C=O) groups excluding carboxylic acids is 1. The summed E-state index contributed by atoms with van der Waals surface area (Å²) in [5, 5.41) is 22.9. The summed E-state index contributed by atoms with van der Waals surface area (Å²) in [7, 11) is 1.56. The summed E-state index contributed by atoms with van der Waals surface area (Å²) in [5.41, 5.74) is 1.01. The molecule has 0 radical (unpaired) electrons. The number of benzene rings is 1. The summed E-state index contributed by atoms with van der Waals surface area (Å²) in [6.45, 7) is 7.07. The number of fused-ring (bicyclic) bond motifs is 1. The van der Waals surface area contributed by atoms with Crippen LogP contribution in [0.5, 0.6) is 0 Å². The number of aromatic nitrogens is 3. The standard InChI is InChI=1S/C22H21FIN5O4/c1-11-6-12(10-28(5)21(32)33-22(2,3)4)7-14(23)16(11)17-13(9-25)8-15-18(26-17)19(24)27-29(15)20(30)31/h6-8H,10H2,1-5H3,(H,30,31). The first-order chi connectivity index (χ1) is 15.3. The number of pyridine rings is 1. The Kier molecular flexibility index (Phi) is 6.60. The van der Waals surface area contributed by atoms with Gasteiger partial charge in [-0.3, -0.25) is 0 Å². The summed E-state index contributed by atoms with van der Waals surface area (Å²) in [6.07, 6.45) is -1.85. The van der Waals surface area contributed by atoms with Gasteiger partial charge in [0.25, 0.3) is 0 Å². The molecule has 0 aliphatic heterocycles. The predicted octanol–water partition coefficient (Wildman–Crippen LogP) is 4.92. The molecule has 9 nitrogen and oxygen atoms in total. The van der Waals surface area contributed by atoms with Gasteiger partial charge in [0.15, 0.2) is 0 Å². The molecular weight excluding hydrogens is 544 g/mol. The van der Waals surface area contributed by atoms with Crippen LogP contribution in [0, 0.1) is 27.8 Å². The van der Waals surface area contributed by atoms with Crippen LogP contribution in [-0.4, -0.2) is 49.6 Å². The van der Waals surface area contributed by atoms with Gasteiger partial charge in [-0.1, -0.05) is 6.07 Å². The third kappa shape index (κ3) is 5.05. The highest BCUT2D eigenvalue weighted by molar-refractivity contribution is 14.1. The molecule has 0 spiro atoms. The van der Waals surface area contributed by atoms with E-state index in [4.69, 9.17) is 4.74 Å². The Labute approximate surface area is 202 Å². The van der Waals surface area contributed by atoms with Crippen LogP contribution in [0.3, 0.4) is 0 Å². The quantitative estimate of drug-likeness (QED) is 0.448. The van der Waals surface area contributed by atoms with Gasteiger partial charge in [0.2, 0.25) is 0 Å². The fourth-order valence-corrected chi connectivity index (χ4v) is 3.92. The average molecular weight is 565 g/mol. The lowest BCUT2D eigenvalue weighted by Gasteiger charge is -2.25. The minimum atomic E-state index is -1.32. The van der Waals surface area contributed by atoms with Crippen molar-refractivity contribution < 1.29 is 23.8 Å². The van der Waals surface area contributed by atoms with Crippen molar-refractivity contribution in [2.75, 3.05) is 7.05 Å². The first-order valence-corrected chi connectivity index (χ1v) is 10.9. The monoisotopic (exact) mass is 565 g/mol. The Morgan fingerprint density at radius 1 is 1.33 bits per heavy atom. The van der Waals surface area contributed by atoms with Crippen LogP contribution in [0.2, 0.25) is 0 Å². The molecular formula is C22H21FIN5O4. The number of halogens is 2. The van der Waals surface area contributed by atoms with Gasteiger partial charge in [0.05, 0.1) is 11.3 Å². The number of ether oxygens (including phenoxy) is 1. The largest absolute Gasteiger partial charge is 0.463 e. The number of rotatable bonds is 3. The third-order valence-corrected chi connectivity index (χ3v) is 5.35. The lowest BCUT2D eigenvalue weighted by atomic mass is 9.98. The van der Waals surface area contributed by atoms with E-state index in [1.807, 2.05) is 28.7 Å². The van der Waals surface area contributed by atoms with Crippen molar-refractivity contribution in [1.29, 1.82) is 5.26 Å². The molecule has 0 saturated carbocycles. The number of aryl methyl sites for hydroxylation is 1. The van der Waals surface area contributed by atoms with Gasteiger partial charge >= 0.3 is 12.2 Å². The molecule has 0 unspecified atom stereocenters. The second-order valence-electron chi connectivity index (χ2n) is 8.46. The van der Waals surface area contributed by atoms with Crippen LogP contribution in [0.4, 0.5) is 14.0 Å². The van der Waals surface area contributed by atoms with Crippen LogP contribution in [-0.2, 0) is 11.3 Å². The lowest BCUT2D eigenvalue weighted by Crippen LogP contribution is -2.33. The SMILES string of the molecule is Cc1cc(CN(C)C(=O)OC(C)(C)C)cc(F)c1-c1nc2c(I)nn(C(=O)O)c2cc1C#N. The molecule has 0 atom stereocenters. The maximum absolute atomic E-state index is 15.3. The highest BCUT2D eigenvalue weighted by Crippen LogP contribution is 2.32. The van der Waals surface area contributed by atoms with Crippen LogP contribution in [0.15, 0.2) is 18.2 Å². The smallest absolute Gasteiger partial charge is 0.432 e. The van der Waals surface area contributed by atoms with E-state index in [1.54, 1.807) is 40.8 Å². The fourth-order valence-electron chi connectivity index (χ4n) is 3.31. The maximum atomic E-state index is 15.3. The van der Waals surface area contributed by atoms with Crippen LogP contribution in [0.1, 0.15) is 37.5 Å². The summed E-state index contributed by atoms with van der Waals surface area (Å²) < 4.78 is 21.6. The lowest BCUT2D eigenvalue weighted by molar-refractivity contribution is 0.0285. The number of carboxylic acid groups (broad SMARTS) is 1. The minimum absolute atomic E-state index is 0.0157. The Balaban J connectivity index is 2.04. The van der Waals surface area contributed by atoms with E-state index in [1.165, 1.54) is 17.0 Å². The Hall–Kier alpha value is -3.27. The number of nitrogens with zero attached hydrogens (tertiary/aromatic N) is 5. The highest BCUT2D eigenvalue weighted by Gasteiger charge is 2.23. The highest BCUT2D eigenvalue weighted by atomic mass is 127. The van der Waals surface area contributed by atoms with E-state index in [0.29, 0.717) is 14.8 Å². The van der Waals surface area contributed by atoms with Crippen molar-refractivity contribution >= 4 is 45.8 Å². The van der Waals surface area contributed by atoms with E-state index in [0.717, 1.165) is 4.68 Å². The molecule has 0 aliphatic carbocycles. The van der Waals surface area contributed by atoms with Crippen molar-refractivity contribution in [3.05, 3.63) is 44.4 Å². The van der Waals surface area contributed by atoms with E-state index in [2.05, 4.69) is 10.1 Å². The summed E-state index contributed by atoms with van der Waals surface area (Å²) in [5.74, 6) is -0.619. The topological polar surface area (TPSA) is 121 Å². The number of carbonyl (C=O) groups is 2. The van der Waals surface area contributed by atoms with Crippen LogP contribution < -0.4 is 0 Å². The molecule has 1 aromatic carbocycles. The Morgan fingerprint density at radius 3 is 2.55 bits per heavy atom. The van der Waals surface area contributed by atoms with Crippen molar-refractivity contribution in [2.45, 2.75) is 39.8 Å². The third-order valence-electron chi connectivity index (χ3n) is 4.62. The van der Waals surface area contributed by atoms with Crippen molar-refractivity contribution in [3.63, 3.8) is 0 Å². The first kappa shape index (κ1) is 24.4. The van der Waals surface area contributed by atoms with E-state index in [-0.39, 0.29) is 34.4 Å². The van der Waals surface area contributed by atoms with Gasteiger partial charge in [0.1, 0.15) is 32.2 Å². The molecule has 0 saturated heterocycles. The maximum Gasteiger partial charge on any atom is 0.432 e. The zero-order valence-electron chi connectivity index (χ0n) is 18.6. The molecule has 1 amide bonds. The molecule has 0 fully saturated rings. The Morgan fingerprint density at radius 2 is 2.00 bits per heavy atom. The molecule has 33 heavy (non-hydrogen) atoms. The van der Waals surface area contributed by atoms with E-state index < -0.39 is 23.6 Å². The predicted molar refractivity (Wildman–Crippen MR) is 126 cm³/mol. The van der Waals surface area contributed by atoms with Gasteiger partial charge in [-0.2, -0.15) is 15.0 Å². The van der Waals surface area contributed by atoms with E-state index in [9.17, 15) is 20.0 Å². The van der Waals surface area contributed by atoms with Gasteiger partial charge in [-0.05, 0) is 73.5 Å². The zero-order valence-corrected chi connectivity index (χ0v) is 20.8. The molecule has 0 bridgehead atoms. The number of hydrogen-bond donors (Lipinski definition) is 1. The molecule has 3 rings (SSSR count). The van der Waals surface area contributed by atoms with Gasteiger partial charge in [-0.15, -0.1) is 0 Å². The van der Waals surface area contributed by atoms with Gasteiger partial charge in [-0.25, -0.2) is 19.0 Å². The molecule has 2 heterocycles. The molecule has 172 valence electrons. The fraction of sp³-hybridized carbons (Fsp3) is 0.318. The van der Waals surface area contributed by atoms with Crippen molar-refractivity contribution in [1.82, 2.24) is 19.7 Å². The van der Waals surface area contributed by atoms with Gasteiger partial charge < -0.3 is 14.7 Å². The van der Waals surface area contributed by atoms with Gasteiger partial charge in [0, 0.05) is 19.2 Å². The van der Waals surface area contributed by atoms with Crippen molar-refractivity contribution in [2.24, 2.45) is 0 Å². The van der Waals surface area contributed by atoms with Crippen LogP contribution >= 0.6 is 22.6 Å². The number of nitriles is 1. The summed E-state index contributed by atoms with van der Waals surface area (Å²) >= 11 is 1.84. The molecule has 2 aromatic heterocycles. The zero-order chi connectivity index (χ0) is 24.7. The summed E-state index contributed by atoms with van der Waals surface area (Å²) in [6, 6.07) is 6.29. The van der Waals surface area contributed by atoms with Crippen LogP contribution in [0.25, 0.3) is 22.3 Å². The van der Waals surface area contributed by atoms with Crippen molar-refractivity contribution in [3.8, 4) is 17.3 Å². The molecule has 1 N–H and O–H groups in total. The van der Waals surface area contributed by atoms with E-state index >= 15 is 4.39 Å². The number of amides is 1. The normalized spacial score (nSPS) is 11.3. The summed E-state index contributed by atoms with van der Waals surface area (Å²) in [4.78, 5) is 29.4. The minimum Gasteiger partial charge on any atom is -0.463 e. The Bertz CT molecular complexity index is 1300. The second kappa shape index (κ2) is 8.93. The number of hydrogen-bond acceptors (Lipinski definition) is 6.